The third-order valence-corrected chi connectivity index (χ3v) is 4.64. The molecule has 1 saturated heterocycles. The first-order valence-electron chi connectivity index (χ1n) is 6.18. The molecule has 1 aliphatic heterocycles. The van der Waals surface area contributed by atoms with Crippen molar-refractivity contribution < 1.29 is 4.79 Å². The van der Waals surface area contributed by atoms with Gasteiger partial charge in [-0.1, -0.05) is 11.6 Å². The summed E-state index contributed by atoms with van der Waals surface area (Å²) in [4.78, 5) is 16.2. The van der Waals surface area contributed by atoms with Gasteiger partial charge in [-0.2, -0.15) is 0 Å². The molecule has 0 spiro atoms. The van der Waals surface area contributed by atoms with Gasteiger partial charge in [0.1, 0.15) is 0 Å². The summed E-state index contributed by atoms with van der Waals surface area (Å²) in [7, 11) is 0. The summed E-state index contributed by atoms with van der Waals surface area (Å²) in [5.74, 6) is 0.201. The molecule has 1 aromatic heterocycles. The predicted octanol–water partition coefficient (Wildman–Crippen LogP) is 3.77. The molecular formula is C13H18ClNOS. The van der Waals surface area contributed by atoms with Crippen LogP contribution in [0.15, 0.2) is 6.07 Å². The van der Waals surface area contributed by atoms with E-state index in [9.17, 15) is 4.79 Å². The first-order valence-corrected chi connectivity index (χ1v) is 7.38. The van der Waals surface area contributed by atoms with Gasteiger partial charge in [-0.25, -0.2) is 0 Å². The van der Waals surface area contributed by atoms with Crippen LogP contribution in [-0.2, 0) is 0 Å². The fourth-order valence-electron chi connectivity index (χ4n) is 2.26. The summed E-state index contributed by atoms with van der Waals surface area (Å²) in [5, 5.41) is 0.624. The number of nitrogens with zero attached hydrogens (tertiary/aromatic N) is 1. The van der Waals surface area contributed by atoms with Crippen molar-refractivity contribution in [1.82, 2.24) is 4.90 Å². The van der Waals surface area contributed by atoms with Crippen molar-refractivity contribution in [3.8, 4) is 0 Å². The number of hydrogen-bond acceptors (Lipinski definition) is 3. The van der Waals surface area contributed by atoms with Crippen molar-refractivity contribution in [3.05, 3.63) is 20.8 Å². The van der Waals surface area contributed by atoms with Gasteiger partial charge in [0, 0.05) is 11.3 Å². The average molecular weight is 272 g/mol. The van der Waals surface area contributed by atoms with Gasteiger partial charge in [0.2, 0.25) is 0 Å². The normalized spacial score (nSPS) is 16.6. The van der Waals surface area contributed by atoms with Crippen molar-refractivity contribution >= 4 is 28.7 Å². The summed E-state index contributed by atoms with van der Waals surface area (Å²) in [6.45, 7) is 5.44. The summed E-state index contributed by atoms with van der Waals surface area (Å²) in [6.07, 6.45) is 4.19. The second-order valence-electron chi connectivity index (χ2n) is 4.61. The lowest BCUT2D eigenvalue weighted by Gasteiger charge is -2.13. The highest BCUT2D eigenvalue weighted by Crippen LogP contribution is 2.27. The van der Waals surface area contributed by atoms with E-state index in [-0.39, 0.29) is 5.78 Å². The van der Waals surface area contributed by atoms with Crippen LogP contribution in [0.4, 0.5) is 0 Å². The SMILES string of the molecule is Cc1cc(Cl)c(C(=O)CCCN2CCCC2)s1. The smallest absolute Gasteiger partial charge is 0.174 e. The molecule has 0 saturated carbocycles. The van der Waals surface area contributed by atoms with Gasteiger partial charge in [0.15, 0.2) is 5.78 Å². The molecule has 0 bridgehead atoms. The molecule has 2 heterocycles. The molecular weight excluding hydrogens is 254 g/mol. The van der Waals surface area contributed by atoms with Crippen molar-refractivity contribution in [2.45, 2.75) is 32.6 Å². The Morgan fingerprint density at radius 3 is 2.76 bits per heavy atom. The van der Waals surface area contributed by atoms with Crippen LogP contribution in [0.25, 0.3) is 0 Å². The summed E-state index contributed by atoms with van der Waals surface area (Å²) < 4.78 is 0. The minimum Gasteiger partial charge on any atom is -0.303 e. The number of carbonyl (C=O) groups is 1. The van der Waals surface area contributed by atoms with Crippen molar-refractivity contribution in [3.63, 3.8) is 0 Å². The number of thiophene rings is 1. The zero-order valence-corrected chi connectivity index (χ0v) is 11.7. The molecule has 0 amide bonds. The maximum Gasteiger partial charge on any atom is 0.174 e. The van der Waals surface area contributed by atoms with E-state index in [0.29, 0.717) is 11.4 Å². The molecule has 0 unspecified atom stereocenters. The van der Waals surface area contributed by atoms with Crippen LogP contribution < -0.4 is 0 Å². The molecule has 94 valence electrons. The van der Waals surface area contributed by atoms with E-state index in [1.54, 1.807) is 0 Å². The fraction of sp³-hybridized carbons (Fsp3) is 0.615. The average Bonchev–Trinajstić information content (AvgIpc) is 2.88. The molecule has 0 atom stereocenters. The van der Waals surface area contributed by atoms with E-state index in [1.807, 2.05) is 13.0 Å². The lowest BCUT2D eigenvalue weighted by molar-refractivity contribution is 0.0980. The van der Waals surface area contributed by atoms with Crippen LogP contribution in [0, 0.1) is 6.92 Å². The second kappa shape index (κ2) is 5.98. The minimum atomic E-state index is 0.201. The van der Waals surface area contributed by atoms with E-state index in [1.165, 1.54) is 37.3 Å². The highest BCUT2D eigenvalue weighted by Gasteiger charge is 2.15. The van der Waals surface area contributed by atoms with E-state index < -0.39 is 0 Å². The Balaban J connectivity index is 1.78. The van der Waals surface area contributed by atoms with Gasteiger partial charge in [0.05, 0.1) is 9.90 Å². The maximum absolute atomic E-state index is 12.0. The minimum absolute atomic E-state index is 0.201. The number of aryl methyl sites for hydroxylation is 1. The third-order valence-electron chi connectivity index (χ3n) is 3.14. The zero-order valence-electron chi connectivity index (χ0n) is 10.2. The molecule has 0 N–H and O–H groups in total. The molecule has 0 aromatic carbocycles. The molecule has 17 heavy (non-hydrogen) atoms. The van der Waals surface area contributed by atoms with E-state index in [2.05, 4.69) is 4.90 Å². The van der Waals surface area contributed by atoms with Crippen LogP contribution in [0.5, 0.6) is 0 Å². The van der Waals surface area contributed by atoms with Gasteiger partial charge in [-0.05, 0) is 51.9 Å². The molecule has 1 aromatic rings. The largest absolute Gasteiger partial charge is 0.303 e. The molecule has 4 heteroatoms. The Labute approximate surface area is 112 Å². The highest BCUT2D eigenvalue weighted by molar-refractivity contribution is 7.14. The van der Waals surface area contributed by atoms with Gasteiger partial charge < -0.3 is 4.90 Å². The molecule has 0 radical (unpaired) electrons. The van der Waals surface area contributed by atoms with Crippen LogP contribution in [0.1, 0.15) is 40.2 Å². The Morgan fingerprint density at radius 2 is 2.18 bits per heavy atom. The zero-order chi connectivity index (χ0) is 12.3. The van der Waals surface area contributed by atoms with Crippen LogP contribution in [-0.4, -0.2) is 30.3 Å². The number of likely N-dealkylation sites (tertiary alicyclic amines) is 1. The quantitative estimate of drug-likeness (QED) is 0.760. The Bertz CT molecular complexity index is 396. The van der Waals surface area contributed by atoms with Gasteiger partial charge in [0.25, 0.3) is 0 Å². The Morgan fingerprint density at radius 1 is 1.47 bits per heavy atom. The van der Waals surface area contributed by atoms with Crippen molar-refractivity contribution in [2.24, 2.45) is 0 Å². The highest BCUT2D eigenvalue weighted by atomic mass is 35.5. The fourth-order valence-corrected chi connectivity index (χ4v) is 3.58. The van der Waals surface area contributed by atoms with Crippen molar-refractivity contribution in [2.75, 3.05) is 19.6 Å². The summed E-state index contributed by atoms with van der Waals surface area (Å²) in [6, 6.07) is 1.87. The van der Waals surface area contributed by atoms with Crippen LogP contribution in [0.2, 0.25) is 5.02 Å². The monoisotopic (exact) mass is 271 g/mol. The molecule has 1 fully saturated rings. The Kier molecular flexibility index (Phi) is 4.60. The number of hydrogen-bond donors (Lipinski definition) is 0. The van der Waals surface area contributed by atoms with Gasteiger partial charge in [-0.15, -0.1) is 11.3 Å². The van der Waals surface area contributed by atoms with Crippen LogP contribution in [0.3, 0.4) is 0 Å². The molecule has 1 aliphatic rings. The lowest BCUT2D eigenvalue weighted by atomic mass is 10.2. The van der Waals surface area contributed by atoms with E-state index >= 15 is 0 Å². The van der Waals surface area contributed by atoms with E-state index in [4.69, 9.17) is 11.6 Å². The number of rotatable bonds is 5. The van der Waals surface area contributed by atoms with E-state index in [0.717, 1.165) is 22.7 Å². The topological polar surface area (TPSA) is 20.3 Å². The first-order chi connectivity index (χ1) is 8.16. The number of Topliss-reactive ketones (excluding diaryl/α,β-unsaturated/α-hetero) is 1. The number of halogens is 1. The van der Waals surface area contributed by atoms with Gasteiger partial charge in [-0.3, -0.25) is 4.79 Å². The lowest BCUT2D eigenvalue weighted by Crippen LogP contribution is -2.20. The Hall–Kier alpha value is -0.380. The summed E-state index contributed by atoms with van der Waals surface area (Å²) >= 11 is 7.54. The molecule has 2 rings (SSSR count). The molecule has 2 nitrogen and oxygen atoms in total. The predicted molar refractivity (Wildman–Crippen MR) is 73.3 cm³/mol. The number of carbonyl (C=O) groups excluding carboxylic acids is 1. The summed E-state index contributed by atoms with van der Waals surface area (Å²) in [5.41, 5.74) is 0. The van der Waals surface area contributed by atoms with Crippen molar-refractivity contribution in [1.29, 1.82) is 0 Å². The second-order valence-corrected chi connectivity index (χ2v) is 6.27. The first kappa shape index (κ1) is 13.1. The molecule has 0 aliphatic carbocycles. The third kappa shape index (κ3) is 3.54. The van der Waals surface area contributed by atoms with Crippen LogP contribution >= 0.6 is 22.9 Å². The van der Waals surface area contributed by atoms with Gasteiger partial charge >= 0.3 is 0 Å². The number of ketones is 1. The standard InChI is InChI=1S/C13H18ClNOS/c1-10-9-11(14)13(17-10)12(16)5-4-8-15-6-2-3-7-15/h9H,2-8H2,1H3. The maximum atomic E-state index is 12.0.